The van der Waals surface area contributed by atoms with Crippen molar-refractivity contribution in [2.24, 2.45) is 0 Å². The zero-order valence-corrected chi connectivity index (χ0v) is 6.72. The van der Waals surface area contributed by atoms with E-state index in [1.54, 1.807) is 6.20 Å². The third-order valence-electron chi connectivity index (χ3n) is 2.47. The Kier molecular flexibility index (Phi) is 1.46. The minimum atomic E-state index is 0.395. The molecule has 1 aromatic heterocycles. The van der Waals surface area contributed by atoms with Crippen LogP contribution in [0.1, 0.15) is 18.5 Å². The summed E-state index contributed by atoms with van der Waals surface area (Å²) in [6, 6.07) is 2.04. The number of aromatic amines is 1. The van der Waals surface area contributed by atoms with Crippen LogP contribution in [0.2, 0.25) is 0 Å². The fourth-order valence-corrected chi connectivity index (χ4v) is 1.41. The molecule has 1 aliphatic rings. The molecule has 0 aromatic carbocycles. The third kappa shape index (κ3) is 1.28. The molecule has 60 valence electrons. The second-order valence-electron chi connectivity index (χ2n) is 3.29. The first-order chi connectivity index (χ1) is 5.35. The van der Waals surface area contributed by atoms with Crippen LogP contribution in [0.25, 0.3) is 0 Å². The predicted molar refractivity (Wildman–Crippen MR) is 43.3 cm³/mol. The maximum absolute atomic E-state index is 3.92. The van der Waals surface area contributed by atoms with Crippen LogP contribution in [0.5, 0.6) is 0 Å². The van der Waals surface area contributed by atoms with Crippen LogP contribution in [0, 0.1) is 0 Å². The van der Waals surface area contributed by atoms with Gasteiger partial charge in [0.25, 0.3) is 0 Å². The number of rotatable bonds is 3. The van der Waals surface area contributed by atoms with Crippen molar-refractivity contribution in [3.63, 3.8) is 0 Å². The van der Waals surface area contributed by atoms with Gasteiger partial charge in [-0.25, -0.2) is 0 Å². The molecule has 0 unspecified atom stereocenters. The van der Waals surface area contributed by atoms with Crippen LogP contribution >= 0.6 is 0 Å². The Morgan fingerprint density at radius 3 is 3.00 bits per heavy atom. The number of H-pyrrole nitrogens is 1. The Morgan fingerprint density at radius 1 is 1.73 bits per heavy atom. The summed E-state index contributed by atoms with van der Waals surface area (Å²) < 4.78 is 0. The molecule has 0 atom stereocenters. The van der Waals surface area contributed by atoms with E-state index in [0.29, 0.717) is 5.54 Å². The molecule has 0 bridgehead atoms. The molecular weight excluding hydrogens is 138 g/mol. The SMILES string of the molecule is CNC1(Cc2ccn[nH]2)CC1. The van der Waals surface area contributed by atoms with Gasteiger partial charge in [0, 0.05) is 23.9 Å². The van der Waals surface area contributed by atoms with Gasteiger partial charge in [0.2, 0.25) is 0 Å². The molecule has 1 heterocycles. The molecule has 2 rings (SSSR count). The highest BCUT2D eigenvalue weighted by molar-refractivity contribution is 5.11. The standard InChI is InChI=1S/C8H13N3/c1-9-8(3-4-8)6-7-2-5-10-11-7/h2,5,9H,3-4,6H2,1H3,(H,10,11). The van der Waals surface area contributed by atoms with Gasteiger partial charge in [-0.15, -0.1) is 0 Å². The van der Waals surface area contributed by atoms with Gasteiger partial charge in [-0.2, -0.15) is 5.10 Å². The van der Waals surface area contributed by atoms with Crippen LogP contribution < -0.4 is 5.32 Å². The van der Waals surface area contributed by atoms with Crippen LogP contribution in [0.4, 0.5) is 0 Å². The number of hydrogen-bond donors (Lipinski definition) is 2. The number of nitrogens with one attached hydrogen (secondary N) is 2. The maximum Gasteiger partial charge on any atom is 0.0490 e. The van der Waals surface area contributed by atoms with Gasteiger partial charge < -0.3 is 5.32 Å². The van der Waals surface area contributed by atoms with Crippen LogP contribution in [0.15, 0.2) is 12.3 Å². The Hall–Kier alpha value is -0.830. The van der Waals surface area contributed by atoms with Gasteiger partial charge in [0.05, 0.1) is 0 Å². The molecule has 0 spiro atoms. The average molecular weight is 151 g/mol. The molecule has 1 fully saturated rings. The molecule has 1 aromatic rings. The smallest absolute Gasteiger partial charge is 0.0490 e. The van der Waals surface area contributed by atoms with E-state index in [9.17, 15) is 0 Å². The topological polar surface area (TPSA) is 40.7 Å². The zero-order valence-electron chi connectivity index (χ0n) is 6.72. The van der Waals surface area contributed by atoms with Gasteiger partial charge in [0.15, 0.2) is 0 Å². The minimum Gasteiger partial charge on any atom is -0.314 e. The summed E-state index contributed by atoms with van der Waals surface area (Å²) in [5, 5.41) is 10.2. The summed E-state index contributed by atoms with van der Waals surface area (Å²) >= 11 is 0. The molecule has 0 amide bonds. The van der Waals surface area contributed by atoms with Crippen LogP contribution in [0.3, 0.4) is 0 Å². The van der Waals surface area contributed by atoms with Crippen molar-refractivity contribution >= 4 is 0 Å². The highest BCUT2D eigenvalue weighted by Gasteiger charge is 2.41. The first-order valence-electron chi connectivity index (χ1n) is 4.02. The van der Waals surface area contributed by atoms with Gasteiger partial charge in [-0.1, -0.05) is 0 Å². The Labute approximate surface area is 66.2 Å². The summed E-state index contributed by atoms with van der Waals surface area (Å²) in [5.41, 5.74) is 1.63. The van der Waals surface area contributed by atoms with Crippen molar-refractivity contribution in [2.75, 3.05) is 7.05 Å². The van der Waals surface area contributed by atoms with E-state index in [-0.39, 0.29) is 0 Å². The lowest BCUT2D eigenvalue weighted by Gasteiger charge is -2.11. The number of hydrogen-bond acceptors (Lipinski definition) is 2. The minimum absolute atomic E-state index is 0.395. The fourth-order valence-electron chi connectivity index (χ4n) is 1.41. The van der Waals surface area contributed by atoms with Crippen molar-refractivity contribution < 1.29 is 0 Å². The van der Waals surface area contributed by atoms with Crippen molar-refractivity contribution in [1.29, 1.82) is 0 Å². The molecule has 1 saturated carbocycles. The molecule has 0 saturated heterocycles. The van der Waals surface area contributed by atoms with E-state index in [1.807, 2.05) is 13.1 Å². The second kappa shape index (κ2) is 2.34. The first kappa shape index (κ1) is 6.85. The van der Waals surface area contributed by atoms with E-state index < -0.39 is 0 Å². The maximum atomic E-state index is 3.92. The van der Waals surface area contributed by atoms with Crippen molar-refractivity contribution in [1.82, 2.24) is 15.5 Å². The van der Waals surface area contributed by atoms with Crippen LogP contribution in [-0.2, 0) is 6.42 Å². The summed E-state index contributed by atoms with van der Waals surface area (Å²) in [4.78, 5) is 0. The van der Waals surface area contributed by atoms with Gasteiger partial charge in [-0.05, 0) is 26.0 Å². The molecular formula is C8H13N3. The van der Waals surface area contributed by atoms with E-state index in [0.717, 1.165) is 6.42 Å². The van der Waals surface area contributed by atoms with E-state index in [1.165, 1.54) is 18.5 Å². The molecule has 3 heteroatoms. The van der Waals surface area contributed by atoms with E-state index >= 15 is 0 Å². The van der Waals surface area contributed by atoms with Gasteiger partial charge >= 0.3 is 0 Å². The lowest BCUT2D eigenvalue weighted by Crippen LogP contribution is -2.29. The number of likely N-dealkylation sites (N-methyl/N-ethyl adjacent to an activating group) is 1. The Bertz CT molecular complexity index is 223. The van der Waals surface area contributed by atoms with Crippen molar-refractivity contribution in [3.8, 4) is 0 Å². The summed E-state index contributed by atoms with van der Waals surface area (Å²) in [6.45, 7) is 0. The second-order valence-corrected chi connectivity index (χ2v) is 3.29. The molecule has 3 nitrogen and oxygen atoms in total. The number of nitrogens with zero attached hydrogens (tertiary/aromatic N) is 1. The van der Waals surface area contributed by atoms with Gasteiger partial charge in [-0.3, -0.25) is 5.10 Å². The Morgan fingerprint density at radius 2 is 2.55 bits per heavy atom. The third-order valence-corrected chi connectivity index (χ3v) is 2.47. The Balaban J connectivity index is 2.01. The monoisotopic (exact) mass is 151 g/mol. The van der Waals surface area contributed by atoms with Crippen molar-refractivity contribution in [3.05, 3.63) is 18.0 Å². The van der Waals surface area contributed by atoms with Gasteiger partial charge in [0.1, 0.15) is 0 Å². The van der Waals surface area contributed by atoms with Crippen molar-refractivity contribution in [2.45, 2.75) is 24.8 Å². The number of aromatic nitrogens is 2. The molecule has 0 aliphatic heterocycles. The highest BCUT2D eigenvalue weighted by atomic mass is 15.1. The predicted octanol–water partition coefficient (Wildman–Crippen LogP) is 0.704. The molecule has 2 N–H and O–H groups in total. The van der Waals surface area contributed by atoms with E-state index in [2.05, 4.69) is 15.5 Å². The largest absolute Gasteiger partial charge is 0.314 e. The van der Waals surface area contributed by atoms with Crippen LogP contribution in [-0.4, -0.2) is 22.8 Å². The average Bonchev–Trinajstić information content (AvgIpc) is 2.59. The normalized spacial score (nSPS) is 20.1. The summed E-state index contributed by atoms with van der Waals surface area (Å²) in [7, 11) is 2.03. The quantitative estimate of drug-likeness (QED) is 0.667. The van der Waals surface area contributed by atoms with E-state index in [4.69, 9.17) is 0 Å². The molecule has 11 heavy (non-hydrogen) atoms. The lowest BCUT2D eigenvalue weighted by atomic mass is 10.1. The lowest BCUT2D eigenvalue weighted by molar-refractivity contribution is 0.541. The first-order valence-corrected chi connectivity index (χ1v) is 4.02. The summed E-state index contributed by atoms with van der Waals surface area (Å²) in [5.74, 6) is 0. The zero-order chi connectivity index (χ0) is 7.73. The highest BCUT2D eigenvalue weighted by Crippen LogP contribution is 2.37. The molecule has 0 radical (unpaired) electrons. The molecule has 1 aliphatic carbocycles. The fraction of sp³-hybridized carbons (Fsp3) is 0.625. The summed E-state index contributed by atoms with van der Waals surface area (Å²) in [6.07, 6.45) is 5.48.